The van der Waals surface area contributed by atoms with Gasteiger partial charge in [-0.1, -0.05) is 26.0 Å². The summed E-state index contributed by atoms with van der Waals surface area (Å²) in [5, 5.41) is 0. The first kappa shape index (κ1) is 22.7. The van der Waals surface area contributed by atoms with Crippen LogP contribution in [0.4, 0.5) is 4.39 Å². The largest absolute Gasteiger partial charge is 0.466 e. The zero-order chi connectivity index (χ0) is 21.4. The van der Waals surface area contributed by atoms with Gasteiger partial charge in [-0.15, -0.1) is 0 Å². The van der Waals surface area contributed by atoms with Crippen LogP contribution in [0.2, 0.25) is 0 Å². The first-order valence-corrected chi connectivity index (χ1v) is 10.2. The Labute approximate surface area is 172 Å². The lowest BCUT2D eigenvalue weighted by molar-refractivity contribution is -0.131. The van der Waals surface area contributed by atoms with Crippen molar-refractivity contribution in [2.24, 2.45) is 0 Å². The van der Waals surface area contributed by atoms with Gasteiger partial charge >= 0.3 is 0 Å². The van der Waals surface area contributed by atoms with Crippen molar-refractivity contribution in [3.63, 3.8) is 0 Å². The summed E-state index contributed by atoms with van der Waals surface area (Å²) in [7, 11) is 0. The van der Waals surface area contributed by atoms with Gasteiger partial charge < -0.3 is 14.2 Å². The molecule has 0 saturated heterocycles. The molecule has 1 aromatic heterocycles. The van der Waals surface area contributed by atoms with Crippen LogP contribution in [0.3, 0.4) is 0 Å². The minimum absolute atomic E-state index is 0.0469. The van der Waals surface area contributed by atoms with Crippen LogP contribution in [0.1, 0.15) is 60.6 Å². The molecule has 0 aliphatic rings. The molecule has 0 atom stereocenters. The summed E-state index contributed by atoms with van der Waals surface area (Å²) < 4.78 is 18.8. The van der Waals surface area contributed by atoms with E-state index in [1.165, 1.54) is 12.1 Å². The second-order valence-corrected chi connectivity index (χ2v) is 7.31. The Kier molecular flexibility index (Phi) is 8.43. The average Bonchev–Trinajstić information content (AvgIpc) is 3.03. The van der Waals surface area contributed by atoms with E-state index >= 15 is 0 Å². The maximum absolute atomic E-state index is 13.2. The highest BCUT2D eigenvalue weighted by Gasteiger charge is 2.22. The lowest BCUT2D eigenvalue weighted by atomic mass is 10.1. The lowest BCUT2D eigenvalue weighted by Gasteiger charge is -2.26. The van der Waals surface area contributed by atoms with E-state index < -0.39 is 0 Å². The van der Waals surface area contributed by atoms with Gasteiger partial charge in [-0.3, -0.25) is 9.59 Å². The van der Waals surface area contributed by atoms with Gasteiger partial charge in [0.15, 0.2) is 0 Å². The van der Waals surface area contributed by atoms with Gasteiger partial charge in [0.05, 0.1) is 5.56 Å². The molecule has 29 heavy (non-hydrogen) atoms. The van der Waals surface area contributed by atoms with Gasteiger partial charge in [0.2, 0.25) is 5.91 Å². The van der Waals surface area contributed by atoms with Crippen LogP contribution in [0, 0.1) is 19.7 Å². The first-order valence-electron chi connectivity index (χ1n) is 10.2. The number of amides is 2. The maximum atomic E-state index is 13.2. The van der Waals surface area contributed by atoms with Crippen LogP contribution in [0.5, 0.6) is 0 Å². The Morgan fingerprint density at radius 3 is 2.10 bits per heavy atom. The van der Waals surface area contributed by atoms with Gasteiger partial charge in [-0.05, 0) is 50.5 Å². The van der Waals surface area contributed by atoms with E-state index in [2.05, 4.69) is 0 Å². The SMILES string of the molecule is CCCN(CCC)C(=O)CCN(Cc1ccc(F)cc1)C(=O)c1cc(C)oc1C. The normalized spacial score (nSPS) is 10.8. The van der Waals surface area contributed by atoms with Crippen molar-refractivity contribution in [2.75, 3.05) is 19.6 Å². The smallest absolute Gasteiger partial charge is 0.257 e. The summed E-state index contributed by atoms with van der Waals surface area (Å²) >= 11 is 0. The van der Waals surface area contributed by atoms with Crippen LogP contribution in [-0.2, 0) is 11.3 Å². The summed E-state index contributed by atoms with van der Waals surface area (Å²) in [6.07, 6.45) is 2.05. The molecule has 0 bridgehead atoms. The molecule has 1 aromatic carbocycles. The molecule has 2 aromatic rings. The summed E-state index contributed by atoms with van der Waals surface area (Å²) in [5.74, 6) is 0.764. The van der Waals surface area contributed by atoms with E-state index in [0.29, 0.717) is 30.2 Å². The topological polar surface area (TPSA) is 53.8 Å². The molecule has 0 aliphatic carbocycles. The van der Waals surface area contributed by atoms with E-state index in [1.54, 1.807) is 36.9 Å². The Balaban J connectivity index is 2.17. The zero-order valence-corrected chi connectivity index (χ0v) is 17.8. The third-order valence-corrected chi connectivity index (χ3v) is 4.78. The minimum atomic E-state index is -0.321. The highest BCUT2D eigenvalue weighted by Crippen LogP contribution is 2.18. The summed E-state index contributed by atoms with van der Waals surface area (Å²) in [6, 6.07) is 7.79. The number of aryl methyl sites for hydroxylation is 2. The van der Waals surface area contributed by atoms with Crippen molar-refractivity contribution < 1.29 is 18.4 Å². The van der Waals surface area contributed by atoms with E-state index in [4.69, 9.17) is 4.42 Å². The molecule has 2 amide bonds. The second kappa shape index (κ2) is 10.8. The van der Waals surface area contributed by atoms with Gasteiger partial charge in [-0.25, -0.2) is 4.39 Å². The van der Waals surface area contributed by atoms with Crippen LogP contribution in [-0.4, -0.2) is 41.2 Å². The molecule has 0 radical (unpaired) electrons. The van der Waals surface area contributed by atoms with Crippen molar-refractivity contribution in [1.82, 2.24) is 9.80 Å². The highest BCUT2D eigenvalue weighted by atomic mass is 19.1. The van der Waals surface area contributed by atoms with Crippen LogP contribution >= 0.6 is 0 Å². The number of hydrogen-bond donors (Lipinski definition) is 0. The molecule has 0 aliphatic heterocycles. The number of carbonyl (C=O) groups excluding carboxylic acids is 2. The van der Waals surface area contributed by atoms with Gasteiger partial charge in [0, 0.05) is 32.6 Å². The van der Waals surface area contributed by atoms with Crippen LogP contribution < -0.4 is 0 Å². The molecule has 1 heterocycles. The molecule has 2 rings (SSSR count). The second-order valence-electron chi connectivity index (χ2n) is 7.31. The van der Waals surface area contributed by atoms with E-state index in [0.717, 1.165) is 31.5 Å². The molecule has 0 saturated carbocycles. The fourth-order valence-corrected chi connectivity index (χ4v) is 3.37. The van der Waals surface area contributed by atoms with E-state index in [-0.39, 0.29) is 24.1 Å². The fraction of sp³-hybridized carbons (Fsp3) is 0.478. The van der Waals surface area contributed by atoms with Crippen molar-refractivity contribution in [1.29, 1.82) is 0 Å². The predicted molar refractivity (Wildman–Crippen MR) is 111 cm³/mol. The average molecular weight is 403 g/mol. The molecule has 0 fully saturated rings. The predicted octanol–water partition coefficient (Wildman–Crippen LogP) is 4.72. The molecule has 158 valence electrons. The molecular formula is C23H31FN2O3. The summed E-state index contributed by atoms with van der Waals surface area (Å²) in [5.41, 5.74) is 1.31. The van der Waals surface area contributed by atoms with Crippen molar-refractivity contribution in [3.05, 3.63) is 58.8 Å². The fourth-order valence-electron chi connectivity index (χ4n) is 3.37. The number of benzene rings is 1. The maximum Gasteiger partial charge on any atom is 0.257 e. The lowest BCUT2D eigenvalue weighted by Crippen LogP contribution is -2.37. The third kappa shape index (κ3) is 6.44. The van der Waals surface area contributed by atoms with Crippen LogP contribution in [0.15, 0.2) is 34.7 Å². The summed E-state index contributed by atoms with van der Waals surface area (Å²) in [6.45, 7) is 9.68. The standard InChI is InChI=1S/C23H31FN2O3/c1-5-12-25(13-6-2)22(27)11-14-26(16-19-7-9-20(24)10-8-19)23(28)21-15-17(3)29-18(21)4/h7-10,15H,5-6,11-14,16H2,1-4H3. The highest BCUT2D eigenvalue weighted by molar-refractivity contribution is 5.95. The molecule has 6 heteroatoms. The number of nitrogens with zero attached hydrogens (tertiary/aromatic N) is 2. The summed E-state index contributed by atoms with van der Waals surface area (Å²) in [4.78, 5) is 29.3. The molecule has 0 spiro atoms. The number of furan rings is 1. The van der Waals surface area contributed by atoms with Gasteiger partial charge in [0.25, 0.3) is 5.91 Å². The Morgan fingerprint density at radius 2 is 1.59 bits per heavy atom. The zero-order valence-electron chi connectivity index (χ0n) is 17.8. The van der Waals surface area contributed by atoms with Gasteiger partial charge in [0.1, 0.15) is 17.3 Å². The van der Waals surface area contributed by atoms with Crippen molar-refractivity contribution in [3.8, 4) is 0 Å². The van der Waals surface area contributed by atoms with Crippen LogP contribution in [0.25, 0.3) is 0 Å². The monoisotopic (exact) mass is 402 g/mol. The quantitative estimate of drug-likeness (QED) is 0.578. The van der Waals surface area contributed by atoms with Gasteiger partial charge in [-0.2, -0.15) is 0 Å². The number of rotatable bonds is 10. The molecule has 0 N–H and O–H groups in total. The Hall–Kier alpha value is -2.63. The van der Waals surface area contributed by atoms with Crippen molar-refractivity contribution in [2.45, 2.75) is 53.5 Å². The molecular weight excluding hydrogens is 371 g/mol. The van der Waals surface area contributed by atoms with E-state index in [1.807, 2.05) is 18.7 Å². The Morgan fingerprint density at radius 1 is 0.966 bits per heavy atom. The molecule has 0 unspecified atom stereocenters. The van der Waals surface area contributed by atoms with Crippen molar-refractivity contribution >= 4 is 11.8 Å². The Bertz CT molecular complexity index is 808. The number of carbonyl (C=O) groups is 2. The first-order chi connectivity index (χ1) is 13.8. The number of hydrogen-bond acceptors (Lipinski definition) is 3. The molecule has 5 nitrogen and oxygen atoms in total. The minimum Gasteiger partial charge on any atom is -0.466 e. The van der Waals surface area contributed by atoms with E-state index in [9.17, 15) is 14.0 Å². The third-order valence-electron chi connectivity index (χ3n) is 4.78. The number of halogens is 1.